The zero-order chi connectivity index (χ0) is 24.1. The maximum absolute atomic E-state index is 13.2. The SMILES string of the molecule is COc1ccccc1Oc1c(CN(CC2CCCO2)C(=O)C(C)C)c(C)nn1-c1ccccc1. The Hall–Kier alpha value is -3.32. The maximum Gasteiger partial charge on any atom is 0.228 e. The van der Waals surface area contributed by atoms with Crippen LogP contribution in [0.1, 0.15) is 37.9 Å². The van der Waals surface area contributed by atoms with Crippen LogP contribution in [0.15, 0.2) is 54.6 Å². The number of amides is 1. The number of carbonyl (C=O) groups excluding carboxylic acids is 1. The molecule has 0 aliphatic carbocycles. The van der Waals surface area contributed by atoms with E-state index >= 15 is 0 Å². The highest BCUT2D eigenvalue weighted by atomic mass is 16.5. The van der Waals surface area contributed by atoms with Crippen molar-refractivity contribution in [3.8, 4) is 23.1 Å². The third-order valence-corrected chi connectivity index (χ3v) is 6.02. The molecular formula is C27H33N3O4. The third-order valence-electron chi connectivity index (χ3n) is 6.02. The number of methoxy groups -OCH3 is 1. The molecule has 1 aliphatic rings. The van der Waals surface area contributed by atoms with Gasteiger partial charge in [0.2, 0.25) is 11.8 Å². The summed E-state index contributed by atoms with van der Waals surface area (Å²) < 4.78 is 19.6. The molecule has 4 rings (SSSR count). The number of para-hydroxylation sites is 3. The summed E-state index contributed by atoms with van der Waals surface area (Å²) in [7, 11) is 1.62. The molecule has 0 bridgehead atoms. The predicted molar refractivity (Wildman–Crippen MR) is 131 cm³/mol. The lowest BCUT2D eigenvalue weighted by molar-refractivity contribution is -0.136. The quantitative estimate of drug-likeness (QED) is 0.439. The van der Waals surface area contributed by atoms with E-state index in [2.05, 4.69) is 0 Å². The van der Waals surface area contributed by atoms with Gasteiger partial charge in [-0.2, -0.15) is 5.10 Å². The molecule has 2 heterocycles. The molecule has 180 valence electrons. The fourth-order valence-electron chi connectivity index (χ4n) is 4.20. The van der Waals surface area contributed by atoms with Gasteiger partial charge in [0.05, 0.1) is 36.7 Å². The topological polar surface area (TPSA) is 65.8 Å². The van der Waals surface area contributed by atoms with Crippen LogP contribution in [0.4, 0.5) is 0 Å². The number of aromatic nitrogens is 2. The molecule has 0 saturated carbocycles. The summed E-state index contributed by atoms with van der Waals surface area (Å²) in [5.41, 5.74) is 2.55. The predicted octanol–water partition coefficient (Wildman–Crippen LogP) is 5.15. The number of ether oxygens (including phenoxy) is 3. The Morgan fingerprint density at radius 1 is 1.15 bits per heavy atom. The minimum absolute atomic E-state index is 0.0609. The van der Waals surface area contributed by atoms with Crippen molar-refractivity contribution in [3.63, 3.8) is 0 Å². The second-order valence-electron chi connectivity index (χ2n) is 8.88. The van der Waals surface area contributed by atoms with Crippen LogP contribution in [0.25, 0.3) is 5.69 Å². The number of hydrogen-bond donors (Lipinski definition) is 0. The number of nitrogens with zero attached hydrogens (tertiary/aromatic N) is 3. The molecule has 1 atom stereocenters. The summed E-state index contributed by atoms with van der Waals surface area (Å²) in [6.07, 6.45) is 2.06. The molecule has 0 radical (unpaired) electrons. The highest BCUT2D eigenvalue weighted by molar-refractivity contribution is 5.78. The van der Waals surface area contributed by atoms with Gasteiger partial charge in [-0.3, -0.25) is 4.79 Å². The number of aryl methyl sites for hydroxylation is 1. The van der Waals surface area contributed by atoms with Crippen molar-refractivity contribution >= 4 is 5.91 Å². The summed E-state index contributed by atoms with van der Waals surface area (Å²) in [6.45, 7) is 7.51. The first-order chi connectivity index (χ1) is 16.5. The molecule has 7 nitrogen and oxygen atoms in total. The minimum Gasteiger partial charge on any atom is -0.493 e. The second-order valence-corrected chi connectivity index (χ2v) is 8.88. The van der Waals surface area contributed by atoms with Gasteiger partial charge in [-0.25, -0.2) is 4.68 Å². The molecule has 1 aromatic heterocycles. The highest BCUT2D eigenvalue weighted by Crippen LogP contribution is 2.36. The van der Waals surface area contributed by atoms with Gasteiger partial charge in [-0.1, -0.05) is 44.2 Å². The molecule has 1 aliphatic heterocycles. The van der Waals surface area contributed by atoms with Crippen LogP contribution in [0, 0.1) is 12.8 Å². The molecule has 3 aromatic rings. The molecule has 34 heavy (non-hydrogen) atoms. The van der Waals surface area contributed by atoms with Crippen LogP contribution in [-0.2, 0) is 16.1 Å². The van der Waals surface area contributed by atoms with E-state index in [1.165, 1.54) is 0 Å². The summed E-state index contributed by atoms with van der Waals surface area (Å²) >= 11 is 0. The summed E-state index contributed by atoms with van der Waals surface area (Å²) in [5.74, 6) is 1.75. The van der Waals surface area contributed by atoms with Crippen molar-refractivity contribution in [3.05, 3.63) is 65.9 Å². The van der Waals surface area contributed by atoms with E-state index in [1.807, 2.05) is 80.3 Å². The number of benzene rings is 2. The Bertz CT molecular complexity index is 1100. The van der Waals surface area contributed by atoms with E-state index < -0.39 is 0 Å². The molecule has 1 saturated heterocycles. The Morgan fingerprint density at radius 3 is 2.50 bits per heavy atom. The van der Waals surface area contributed by atoms with Crippen LogP contribution in [0.3, 0.4) is 0 Å². The van der Waals surface area contributed by atoms with E-state index in [0.717, 1.165) is 36.4 Å². The van der Waals surface area contributed by atoms with Gasteiger partial charge >= 0.3 is 0 Å². The van der Waals surface area contributed by atoms with Crippen LogP contribution in [0.2, 0.25) is 0 Å². The normalized spacial score (nSPS) is 15.5. The zero-order valence-corrected chi connectivity index (χ0v) is 20.4. The van der Waals surface area contributed by atoms with Crippen molar-refractivity contribution in [2.45, 2.75) is 46.3 Å². The van der Waals surface area contributed by atoms with Crippen molar-refractivity contribution in [2.24, 2.45) is 5.92 Å². The number of hydrogen-bond acceptors (Lipinski definition) is 5. The first kappa shape index (κ1) is 23.8. The van der Waals surface area contributed by atoms with E-state index in [9.17, 15) is 4.79 Å². The van der Waals surface area contributed by atoms with Gasteiger partial charge < -0.3 is 19.1 Å². The summed E-state index contributed by atoms with van der Waals surface area (Å²) in [6, 6.07) is 17.4. The first-order valence-electron chi connectivity index (χ1n) is 11.8. The lowest BCUT2D eigenvalue weighted by atomic mass is 10.1. The fourth-order valence-corrected chi connectivity index (χ4v) is 4.20. The fraction of sp³-hybridized carbons (Fsp3) is 0.407. The van der Waals surface area contributed by atoms with Crippen molar-refractivity contribution in [2.75, 3.05) is 20.3 Å². The molecule has 1 fully saturated rings. The lowest BCUT2D eigenvalue weighted by Gasteiger charge is -2.27. The van der Waals surface area contributed by atoms with Crippen molar-refractivity contribution < 1.29 is 19.0 Å². The van der Waals surface area contributed by atoms with E-state index in [1.54, 1.807) is 11.8 Å². The van der Waals surface area contributed by atoms with Crippen molar-refractivity contribution in [1.29, 1.82) is 0 Å². The Labute approximate surface area is 201 Å². The molecule has 0 spiro atoms. The Kier molecular flexibility index (Phi) is 7.53. The number of carbonyl (C=O) groups is 1. The summed E-state index contributed by atoms with van der Waals surface area (Å²) in [4.78, 5) is 15.1. The van der Waals surface area contributed by atoms with Gasteiger partial charge in [0.25, 0.3) is 0 Å². The van der Waals surface area contributed by atoms with E-state index in [0.29, 0.717) is 30.5 Å². The molecule has 7 heteroatoms. The van der Waals surface area contributed by atoms with Gasteiger partial charge in [-0.15, -0.1) is 0 Å². The largest absolute Gasteiger partial charge is 0.493 e. The Balaban J connectivity index is 1.75. The average molecular weight is 464 g/mol. The smallest absolute Gasteiger partial charge is 0.228 e. The van der Waals surface area contributed by atoms with E-state index in [4.69, 9.17) is 19.3 Å². The monoisotopic (exact) mass is 463 g/mol. The van der Waals surface area contributed by atoms with Crippen LogP contribution in [0.5, 0.6) is 17.4 Å². The second kappa shape index (κ2) is 10.7. The molecule has 1 amide bonds. The van der Waals surface area contributed by atoms with Gasteiger partial charge in [0.15, 0.2) is 11.5 Å². The van der Waals surface area contributed by atoms with Crippen LogP contribution >= 0.6 is 0 Å². The molecule has 1 unspecified atom stereocenters. The standard InChI is InChI=1S/C27H33N3O4/c1-19(2)26(31)29(17-22-13-10-16-33-22)18-23-20(3)28-30(21-11-6-5-7-12-21)27(23)34-25-15-9-8-14-24(25)32-4/h5-9,11-12,14-15,19,22H,10,13,16-18H2,1-4H3. The average Bonchev–Trinajstić information content (AvgIpc) is 3.47. The maximum atomic E-state index is 13.2. The zero-order valence-electron chi connectivity index (χ0n) is 20.4. The third kappa shape index (κ3) is 5.25. The number of rotatable bonds is 9. The lowest BCUT2D eigenvalue weighted by Crippen LogP contribution is -2.39. The van der Waals surface area contributed by atoms with Crippen LogP contribution in [-0.4, -0.2) is 47.0 Å². The minimum atomic E-state index is -0.121. The van der Waals surface area contributed by atoms with Gasteiger partial charge in [0.1, 0.15) is 0 Å². The highest BCUT2D eigenvalue weighted by Gasteiger charge is 2.28. The molecular weight excluding hydrogens is 430 g/mol. The summed E-state index contributed by atoms with van der Waals surface area (Å²) in [5, 5.41) is 4.80. The van der Waals surface area contributed by atoms with Gasteiger partial charge in [0, 0.05) is 19.1 Å². The van der Waals surface area contributed by atoms with Crippen LogP contribution < -0.4 is 9.47 Å². The van der Waals surface area contributed by atoms with Crippen molar-refractivity contribution in [1.82, 2.24) is 14.7 Å². The molecule has 2 aromatic carbocycles. The van der Waals surface area contributed by atoms with Gasteiger partial charge in [-0.05, 0) is 44.0 Å². The molecule has 0 N–H and O–H groups in total. The van der Waals surface area contributed by atoms with E-state index in [-0.39, 0.29) is 17.9 Å². The Morgan fingerprint density at radius 2 is 1.85 bits per heavy atom. The first-order valence-corrected chi connectivity index (χ1v) is 11.8.